The van der Waals surface area contributed by atoms with Crippen molar-refractivity contribution in [2.45, 2.75) is 13.0 Å². The van der Waals surface area contributed by atoms with E-state index in [2.05, 4.69) is 46.5 Å². The molecule has 1 heterocycles. The van der Waals surface area contributed by atoms with Crippen molar-refractivity contribution in [1.29, 1.82) is 0 Å². The molecule has 5 heteroatoms. The summed E-state index contributed by atoms with van der Waals surface area (Å²) in [5, 5.41) is 4.34. The Labute approximate surface area is 158 Å². The third-order valence-electron chi connectivity index (χ3n) is 4.21. The molecule has 3 rings (SSSR count). The first-order chi connectivity index (χ1) is 12.6. The minimum atomic E-state index is -0.0624. The van der Waals surface area contributed by atoms with Crippen LogP contribution in [0, 0.1) is 0 Å². The molecule has 0 aliphatic rings. The van der Waals surface area contributed by atoms with Gasteiger partial charge in [0.2, 0.25) is 0 Å². The number of nitrogens with zero attached hydrogens (tertiary/aromatic N) is 2. The quantitative estimate of drug-likeness (QED) is 0.504. The Hall–Kier alpha value is -2.43. The number of hydrogen-bond acceptors (Lipinski definition) is 3. The van der Waals surface area contributed by atoms with E-state index in [4.69, 9.17) is 11.6 Å². The highest BCUT2D eigenvalue weighted by molar-refractivity contribution is 6.29. The van der Waals surface area contributed by atoms with Crippen LogP contribution < -0.4 is 5.32 Å². The van der Waals surface area contributed by atoms with E-state index < -0.39 is 0 Å². The fraction of sp³-hybridized carbons (Fsp3) is 0.238. The van der Waals surface area contributed by atoms with Gasteiger partial charge in [0, 0.05) is 24.0 Å². The highest BCUT2D eigenvalue weighted by Crippen LogP contribution is 2.17. The number of fused-ring (bicyclic) bond motifs is 1. The molecule has 3 aromatic rings. The zero-order valence-corrected chi connectivity index (χ0v) is 15.5. The van der Waals surface area contributed by atoms with Crippen LogP contribution in [0.5, 0.6) is 0 Å². The Morgan fingerprint density at radius 1 is 1.12 bits per heavy atom. The average molecular weight is 368 g/mol. The Morgan fingerprint density at radius 2 is 1.92 bits per heavy atom. The van der Waals surface area contributed by atoms with E-state index in [1.165, 1.54) is 5.56 Å². The number of aromatic nitrogens is 1. The SMILES string of the molecule is CN(CCCNC(=O)c1ccc2nc(Cl)ccc2c1)Cc1ccccc1. The lowest BCUT2D eigenvalue weighted by Crippen LogP contribution is -2.28. The molecule has 0 spiro atoms. The predicted octanol–water partition coefficient (Wildman–Crippen LogP) is 4.14. The van der Waals surface area contributed by atoms with Crippen molar-refractivity contribution in [2.24, 2.45) is 0 Å². The van der Waals surface area contributed by atoms with Crippen LogP contribution in [0.25, 0.3) is 10.9 Å². The molecule has 2 aromatic carbocycles. The van der Waals surface area contributed by atoms with Crippen LogP contribution in [0.2, 0.25) is 5.15 Å². The Bertz CT molecular complexity index is 883. The Kier molecular flexibility index (Phi) is 6.21. The monoisotopic (exact) mass is 367 g/mol. The van der Waals surface area contributed by atoms with Crippen LogP contribution in [-0.4, -0.2) is 35.9 Å². The highest BCUT2D eigenvalue weighted by Gasteiger charge is 2.07. The third-order valence-corrected chi connectivity index (χ3v) is 4.43. The fourth-order valence-corrected chi connectivity index (χ4v) is 3.02. The summed E-state index contributed by atoms with van der Waals surface area (Å²) in [6.45, 7) is 2.49. The molecule has 4 nitrogen and oxygen atoms in total. The third kappa shape index (κ3) is 5.04. The first-order valence-corrected chi connectivity index (χ1v) is 9.06. The molecule has 0 aliphatic carbocycles. The number of carbonyl (C=O) groups excluding carboxylic acids is 1. The molecular formula is C21H22ClN3O. The van der Waals surface area contributed by atoms with E-state index in [-0.39, 0.29) is 5.91 Å². The van der Waals surface area contributed by atoms with E-state index in [0.29, 0.717) is 17.3 Å². The number of amides is 1. The maximum atomic E-state index is 12.3. The van der Waals surface area contributed by atoms with Crippen LogP contribution in [0.1, 0.15) is 22.3 Å². The van der Waals surface area contributed by atoms with Gasteiger partial charge >= 0.3 is 0 Å². The number of benzene rings is 2. The van der Waals surface area contributed by atoms with Crippen molar-refractivity contribution in [3.63, 3.8) is 0 Å². The molecule has 0 saturated heterocycles. The average Bonchev–Trinajstić information content (AvgIpc) is 2.65. The molecule has 0 bridgehead atoms. The Balaban J connectivity index is 1.46. The number of nitrogens with one attached hydrogen (secondary N) is 1. The summed E-state index contributed by atoms with van der Waals surface area (Å²) < 4.78 is 0. The molecule has 0 fully saturated rings. The summed E-state index contributed by atoms with van der Waals surface area (Å²) >= 11 is 5.89. The van der Waals surface area contributed by atoms with Gasteiger partial charge in [-0.05, 0) is 55.9 Å². The van der Waals surface area contributed by atoms with Crippen molar-refractivity contribution < 1.29 is 4.79 Å². The summed E-state index contributed by atoms with van der Waals surface area (Å²) in [4.78, 5) is 18.8. The van der Waals surface area contributed by atoms with Gasteiger partial charge in [0.05, 0.1) is 5.52 Å². The molecule has 1 N–H and O–H groups in total. The second kappa shape index (κ2) is 8.79. The molecule has 1 aromatic heterocycles. The van der Waals surface area contributed by atoms with Crippen molar-refractivity contribution in [1.82, 2.24) is 15.2 Å². The predicted molar refractivity (Wildman–Crippen MR) is 106 cm³/mol. The second-order valence-electron chi connectivity index (χ2n) is 6.37. The number of hydrogen-bond donors (Lipinski definition) is 1. The lowest BCUT2D eigenvalue weighted by molar-refractivity contribution is 0.0952. The summed E-state index contributed by atoms with van der Waals surface area (Å²) in [6.07, 6.45) is 0.903. The van der Waals surface area contributed by atoms with Crippen molar-refractivity contribution in [2.75, 3.05) is 20.1 Å². The van der Waals surface area contributed by atoms with Crippen LogP contribution in [0.4, 0.5) is 0 Å². The molecule has 0 atom stereocenters. The maximum absolute atomic E-state index is 12.3. The van der Waals surface area contributed by atoms with Gasteiger partial charge in [-0.25, -0.2) is 4.98 Å². The van der Waals surface area contributed by atoms with Crippen molar-refractivity contribution in [3.05, 3.63) is 76.9 Å². The van der Waals surface area contributed by atoms with Crippen LogP contribution >= 0.6 is 11.6 Å². The largest absolute Gasteiger partial charge is 0.352 e. The van der Waals surface area contributed by atoms with Gasteiger partial charge < -0.3 is 10.2 Å². The van der Waals surface area contributed by atoms with Gasteiger partial charge in [-0.15, -0.1) is 0 Å². The zero-order valence-electron chi connectivity index (χ0n) is 14.8. The summed E-state index contributed by atoms with van der Waals surface area (Å²) in [5.41, 5.74) is 2.72. The van der Waals surface area contributed by atoms with Crippen LogP contribution in [-0.2, 0) is 6.54 Å². The lowest BCUT2D eigenvalue weighted by Gasteiger charge is -2.16. The number of rotatable bonds is 7. The van der Waals surface area contributed by atoms with Crippen LogP contribution in [0.15, 0.2) is 60.7 Å². The van der Waals surface area contributed by atoms with E-state index in [1.54, 1.807) is 12.1 Å². The topological polar surface area (TPSA) is 45.2 Å². The van der Waals surface area contributed by atoms with Gasteiger partial charge in [0.25, 0.3) is 5.91 Å². The summed E-state index contributed by atoms with van der Waals surface area (Å²) in [6, 6.07) is 19.4. The molecule has 1 amide bonds. The fourth-order valence-electron chi connectivity index (χ4n) is 2.87. The van der Waals surface area contributed by atoms with E-state index in [0.717, 1.165) is 30.4 Å². The van der Waals surface area contributed by atoms with Crippen molar-refractivity contribution in [3.8, 4) is 0 Å². The minimum absolute atomic E-state index is 0.0624. The first kappa shape index (κ1) is 18.4. The maximum Gasteiger partial charge on any atom is 0.251 e. The van der Waals surface area contributed by atoms with Gasteiger partial charge in [0.15, 0.2) is 0 Å². The van der Waals surface area contributed by atoms with E-state index >= 15 is 0 Å². The molecule has 0 aliphatic heterocycles. The molecular weight excluding hydrogens is 346 g/mol. The zero-order chi connectivity index (χ0) is 18.4. The number of halogens is 1. The first-order valence-electron chi connectivity index (χ1n) is 8.69. The van der Waals surface area contributed by atoms with Gasteiger partial charge in [-0.2, -0.15) is 0 Å². The smallest absolute Gasteiger partial charge is 0.251 e. The number of carbonyl (C=O) groups is 1. The van der Waals surface area contributed by atoms with E-state index in [9.17, 15) is 4.79 Å². The molecule has 0 radical (unpaired) electrons. The van der Waals surface area contributed by atoms with Crippen LogP contribution in [0.3, 0.4) is 0 Å². The van der Waals surface area contributed by atoms with Gasteiger partial charge in [0.1, 0.15) is 5.15 Å². The molecule has 0 saturated carbocycles. The summed E-state index contributed by atoms with van der Waals surface area (Å²) in [7, 11) is 2.09. The second-order valence-corrected chi connectivity index (χ2v) is 6.76. The number of pyridine rings is 1. The Morgan fingerprint density at radius 3 is 2.73 bits per heavy atom. The van der Waals surface area contributed by atoms with E-state index in [1.807, 2.05) is 24.3 Å². The molecule has 0 unspecified atom stereocenters. The standard InChI is InChI=1S/C21H22ClN3O/c1-25(15-16-6-3-2-4-7-16)13-5-12-23-21(26)18-8-10-19-17(14-18)9-11-20(22)24-19/h2-4,6-11,14H,5,12-13,15H2,1H3,(H,23,26). The normalized spacial score (nSPS) is 11.0. The minimum Gasteiger partial charge on any atom is -0.352 e. The van der Waals surface area contributed by atoms with Gasteiger partial charge in [-0.3, -0.25) is 4.79 Å². The molecule has 134 valence electrons. The van der Waals surface area contributed by atoms with Crippen molar-refractivity contribution >= 4 is 28.4 Å². The molecule has 26 heavy (non-hydrogen) atoms. The highest BCUT2D eigenvalue weighted by atomic mass is 35.5. The van der Waals surface area contributed by atoms with Gasteiger partial charge in [-0.1, -0.05) is 41.9 Å². The lowest BCUT2D eigenvalue weighted by atomic mass is 10.1. The summed E-state index contributed by atoms with van der Waals surface area (Å²) in [5.74, 6) is -0.0624.